The molecule has 0 bridgehead atoms. The highest BCUT2D eigenvalue weighted by Gasteiger charge is 2.13. The molecule has 0 spiro atoms. The molecule has 2 aromatic carbocycles. The molecule has 0 N–H and O–H groups in total. The fourth-order valence-electron chi connectivity index (χ4n) is 3.66. The number of para-hydroxylation sites is 2. The van der Waals surface area contributed by atoms with Crippen LogP contribution in [0.15, 0.2) is 48.5 Å². The summed E-state index contributed by atoms with van der Waals surface area (Å²) in [6.45, 7) is 4.44. The lowest BCUT2D eigenvalue weighted by Gasteiger charge is -2.12. The first-order valence-corrected chi connectivity index (χ1v) is 11.8. The average molecular weight is 411 g/mol. The molecule has 0 aliphatic rings. The first kappa shape index (κ1) is 24.0. The van der Waals surface area contributed by atoms with Crippen molar-refractivity contribution in [3.63, 3.8) is 0 Å². The van der Waals surface area contributed by atoms with Gasteiger partial charge in [0.1, 0.15) is 11.5 Å². The zero-order valence-corrected chi connectivity index (χ0v) is 18.8. The Hall–Kier alpha value is -2.29. The van der Waals surface area contributed by atoms with E-state index < -0.39 is 6.16 Å². The Bertz CT molecular complexity index is 738. The second kappa shape index (κ2) is 14.7. The molecule has 0 atom stereocenters. The summed E-state index contributed by atoms with van der Waals surface area (Å²) in [5.41, 5.74) is 2.13. The van der Waals surface area contributed by atoms with Crippen LogP contribution >= 0.6 is 0 Å². The van der Waals surface area contributed by atoms with Crippen molar-refractivity contribution < 1.29 is 14.3 Å². The Morgan fingerprint density at radius 1 is 0.600 bits per heavy atom. The minimum Gasteiger partial charge on any atom is -0.394 e. The number of hydrogen-bond acceptors (Lipinski definition) is 3. The molecule has 0 heterocycles. The zero-order valence-electron chi connectivity index (χ0n) is 18.8. The molecule has 0 unspecified atom stereocenters. The molecule has 0 saturated heterocycles. The third kappa shape index (κ3) is 9.02. The Balaban J connectivity index is 1.88. The van der Waals surface area contributed by atoms with Gasteiger partial charge in [0.05, 0.1) is 0 Å². The molecule has 164 valence electrons. The molecule has 0 fully saturated rings. The monoisotopic (exact) mass is 410 g/mol. The molecule has 0 aromatic heterocycles. The SMILES string of the molecule is CCCCCCCCc1ccccc1OC(=O)Oc1ccccc1CCCCCC. The fraction of sp³-hybridized carbons (Fsp3) is 0.519. The van der Waals surface area contributed by atoms with Crippen LogP contribution in [0.3, 0.4) is 0 Å². The largest absolute Gasteiger partial charge is 0.519 e. The Kier molecular flexibility index (Phi) is 11.7. The zero-order chi connectivity index (χ0) is 21.4. The number of ether oxygens (including phenoxy) is 2. The summed E-state index contributed by atoms with van der Waals surface area (Å²) in [5, 5.41) is 0. The lowest BCUT2D eigenvalue weighted by Crippen LogP contribution is -2.15. The van der Waals surface area contributed by atoms with Crippen molar-refractivity contribution in [2.75, 3.05) is 0 Å². The van der Waals surface area contributed by atoms with Crippen molar-refractivity contribution in [1.29, 1.82) is 0 Å². The second-order valence-corrected chi connectivity index (χ2v) is 8.00. The predicted octanol–water partition coefficient (Wildman–Crippen LogP) is 8.29. The quantitative estimate of drug-likeness (QED) is 0.178. The van der Waals surface area contributed by atoms with Crippen molar-refractivity contribution in [1.82, 2.24) is 0 Å². The van der Waals surface area contributed by atoms with Gasteiger partial charge in [-0.15, -0.1) is 0 Å². The summed E-state index contributed by atoms with van der Waals surface area (Å²) in [5.74, 6) is 1.21. The van der Waals surface area contributed by atoms with E-state index >= 15 is 0 Å². The molecule has 2 rings (SSSR count). The lowest BCUT2D eigenvalue weighted by atomic mass is 10.0. The highest BCUT2D eigenvalue weighted by atomic mass is 16.7. The maximum atomic E-state index is 12.5. The van der Waals surface area contributed by atoms with E-state index in [0.717, 1.165) is 36.8 Å². The van der Waals surface area contributed by atoms with Crippen molar-refractivity contribution in [2.45, 2.75) is 90.9 Å². The highest BCUT2D eigenvalue weighted by molar-refractivity contribution is 5.68. The van der Waals surface area contributed by atoms with E-state index in [0.29, 0.717) is 11.5 Å². The van der Waals surface area contributed by atoms with Gasteiger partial charge in [-0.1, -0.05) is 102 Å². The van der Waals surface area contributed by atoms with Gasteiger partial charge in [-0.05, 0) is 48.9 Å². The van der Waals surface area contributed by atoms with Crippen LogP contribution < -0.4 is 9.47 Å². The van der Waals surface area contributed by atoms with Gasteiger partial charge in [-0.25, -0.2) is 4.79 Å². The van der Waals surface area contributed by atoms with Crippen LogP contribution in [0, 0.1) is 0 Å². The van der Waals surface area contributed by atoms with Gasteiger partial charge < -0.3 is 9.47 Å². The Labute approximate surface area is 182 Å². The first-order valence-electron chi connectivity index (χ1n) is 11.8. The Morgan fingerprint density at radius 3 is 1.50 bits per heavy atom. The summed E-state index contributed by atoms with van der Waals surface area (Å²) in [7, 11) is 0. The third-order valence-corrected chi connectivity index (χ3v) is 5.43. The van der Waals surface area contributed by atoms with E-state index in [2.05, 4.69) is 13.8 Å². The molecule has 0 amide bonds. The van der Waals surface area contributed by atoms with Gasteiger partial charge >= 0.3 is 6.16 Å². The van der Waals surface area contributed by atoms with Gasteiger partial charge in [0.2, 0.25) is 0 Å². The van der Waals surface area contributed by atoms with Crippen LogP contribution in [0.1, 0.15) is 89.2 Å². The molecule has 0 saturated carbocycles. The van der Waals surface area contributed by atoms with Crippen molar-refractivity contribution in [3.8, 4) is 11.5 Å². The number of carbonyl (C=O) groups excluding carboxylic acids is 1. The minimum absolute atomic E-state index is 0.604. The molecule has 0 aliphatic heterocycles. The molecule has 3 nitrogen and oxygen atoms in total. The predicted molar refractivity (Wildman–Crippen MR) is 124 cm³/mol. The molecule has 2 aromatic rings. The first-order chi connectivity index (χ1) is 14.7. The summed E-state index contributed by atoms with van der Waals surface area (Å²) >= 11 is 0. The van der Waals surface area contributed by atoms with E-state index in [1.807, 2.05) is 48.5 Å². The molecular formula is C27H38O3. The van der Waals surface area contributed by atoms with Gasteiger partial charge in [0.25, 0.3) is 0 Å². The topological polar surface area (TPSA) is 35.5 Å². The number of carbonyl (C=O) groups is 1. The fourth-order valence-corrected chi connectivity index (χ4v) is 3.66. The van der Waals surface area contributed by atoms with E-state index in [-0.39, 0.29) is 0 Å². The standard InChI is InChI=1S/C27H38O3/c1-3-5-7-9-10-12-18-24-20-14-16-22-26(24)30-27(28)29-25-21-15-13-19-23(25)17-11-8-6-4-2/h13-16,19-22H,3-12,17-18H2,1-2H3. The maximum absolute atomic E-state index is 12.5. The van der Waals surface area contributed by atoms with E-state index in [4.69, 9.17) is 9.47 Å². The molecule has 30 heavy (non-hydrogen) atoms. The average Bonchev–Trinajstić information content (AvgIpc) is 2.76. The molecule has 0 aliphatic carbocycles. The third-order valence-electron chi connectivity index (χ3n) is 5.43. The summed E-state index contributed by atoms with van der Waals surface area (Å²) < 4.78 is 11.2. The smallest absolute Gasteiger partial charge is 0.394 e. The normalized spacial score (nSPS) is 10.7. The van der Waals surface area contributed by atoms with E-state index in [1.54, 1.807) is 0 Å². The van der Waals surface area contributed by atoms with Crippen LogP contribution in [0.2, 0.25) is 0 Å². The van der Waals surface area contributed by atoms with Crippen molar-refractivity contribution in [3.05, 3.63) is 59.7 Å². The highest BCUT2D eigenvalue weighted by Crippen LogP contribution is 2.24. The minimum atomic E-state index is -0.661. The van der Waals surface area contributed by atoms with Crippen molar-refractivity contribution >= 4 is 6.16 Å². The number of benzene rings is 2. The van der Waals surface area contributed by atoms with Crippen LogP contribution in [-0.4, -0.2) is 6.16 Å². The van der Waals surface area contributed by atoms with Crippen LogP contribution in [0.4, 0.5) is 4.79 Å². The van der Waals surface area contributed by atoms with Crippen molar-refractivity contribution in [2.24, 2.45) is 0 Å². The van der Waals surface area contributed by atoms with Crippen LogP contribution in [0.5, 0.6) is 11.5 Å². The van der Waals surface area contributed by atoms with Crippen LogP contribution in [-0.2, 0) is 12.8 Å². The van der Waals surface area contributed by atoms with E-state index in [1.165, 1.54) is 51.4 Å². The summed E-state index contributed by atoms with van der Waals surface area (Å²) in [6, 6.07) is 15.5. The van der Waals surface area contributed by atoms with Gasteiger partial charge in [0.15, 0.2) is 0 Å². The van der Waals surface area contributed by atoms with Crippen LogP contribution in [0.25, 0.3) is 0 Å². The lowest BCUT2D eigenvalue weighted by molar-refractivity contribution is 0.151. The molecule has 0 radical (unpaired) electrons. The second-order valence-electron chi connectivity index (χ2n) is 8.00. The number of hydrogen-bond donors (Lipinski definition) is 0. The van der Waals surface area contributed by atoms with Gasteiger partial charge in [0, 0.05) is 0 Å². The maximum Gasteiger partial charge on any atom is 0.519 e. The molecular weight excluding hydrogens is 372 g/mol. The Morgan fingerprint density at radius 2 is 1.00 bits per heavy atom. The summed E-state index contributed by atoms with van der Waals surface area (Å²) in [4.78, 5) is 12.5. The number of unbranched alkanes of at least 4 members (excludes halogenated alkanes) is 8. The summed E-state index contributed by atoms with van der Waals surface area (Å²) in [6.07, 6.45) is 13.4. The number of aryl methyl sites for hydroxylation is 2. The van der Waals surface area contributed by atoms with E-state index in [9.17, 15) is 4.79 Å². The number of rotatable bonds is 14. The molecule has 3 heteroatoms. The van der Waals surface area contributed by atoms with Gasteiger partial charge in [-0.3, -0.25) is 0 Å². The van der Waals surface area contributed by atoms with Gasteiger partial charge in [-0.2, -0.15) is 0 Å².